The van der Waals surface area contributed by atoms with Crippen molar-refractivity contribution in [1.82, 2.24) is 5.32 Å². The van der Waals surface area contributed by atoms with E-state index in [9.17, 15) is 27.6 Å². The highest BCUT2D eigenvalue weighted by atomic mass is 35.5. The average molecular weight is 533 g/mol. The van der Waals surface area contributed by atoms with E-state index in [1.165, 1.54) is 0 Å². The highest BCUT2D eigenvalue weighted by Crippen LogP contribution is 2.31. The van der Waals surface area contributed by atoms with E-state index in [1.807, 2.05) is 0 Å². The summed E-state index contributed by atoms with van der Waals surface area (Å²) in [5, 5.41) is 15.3. The lowest BCUT2D eigenvalue weighted by Crippen LogP contribution is -2.44. The molecule has 1 unspecified atom stereocenters. The van der Waals surface area contributed by atoms with Gasteiger partial charge in [-0.05, 0) is 17.7 Å². The number of amides is 1. The number of ether oxygens (including phenoxy) is 2. The van der Waals surface area contributed by atoms with Crippen molar-refractivity contribution < 1.29 is 42.2 Å². The Labute approximate surface area is 203 Å². The molecule has 34 heavy (non-hydrogen) atoms. The first kappa shape index (κ1) is 27.1. The summed E-state index contributed by atoms with van der Waals surface area (Å²) in [5.41, 5.74) is 0.0934. The summed E-state index contributed by atoms with van der Waals surface area (Å²) in [4.78, 5) is 47.3. The van der Waals surface area contributed by atoms with Gasteiger partial charge in [-0.2, -0.15) is 0 Å². The van der Waals surface area contributed by atoms with Crippen LogP contribution in [0, 0.1) is 0 Å². The molecule has 1 amide bonds. The number of carbonyl (C=O) groups excluding carboxylic acids is 3. The van der Waals surface area contributed by atoms with E-state index in [0.29, 0.717) is 5.56 Å². The summed E-state index contributed by atoms with van der Waals surface area (Å²) in [6.07, 6.45) is -1.89. The number of carbonyl (C=O) groups is 4. The van der Waals surface area contributed by atoms with Crippen molar-refractivity contribution in [3.05, 3.63) is 63.6 Å². The number of hydrogen-bond acceptors (Lipinski definition) is 8. The van der Waals surface area contributed by atoms with Gasteiger partial charge in [-0.25, -0.2) is 23.1 Å². The molecule has 2 rings (SSSR count). The van der Waals surface area contributed by atoms with Crippen molar-refractivity contribution in [2.24, 2.45) is 5.14 Å². The Morgan fingerprint density at radius 3 is 2.26 bits per heavy atom. The molecule has 11 nitrogen and oxygen atoms in total. The minimum absolute atomic E-state index is 0.132. The van der Waals surface area contributed by atoms with Crippen molar-refractivity contribution in [2.75, 3.05) is 6.61 Å². The zero-order chi connectivity index (χ0) is 25.5. The van der Waals surface area contributed by atoms with Crippen molar-refractivity contribution in [1.29, 1.82) is 0 Å². The molecule has 1 atom stereocenters. The van der Waals surface area contributed by atoms with Crippen LogP contribution in [0.1, 0.15) is 22.3 Å². The van der Waals surface area contributed by atoms with E-state index >= 15 is 0 Å². The molecule has 0 fully saturated rings. The molecule has 182 valence electrons. The first-order valence-electron chi connectivity index (χ1n) is 9.29. The average Bonchev–Trinajstić information content (AvgIpc) is 2.75. The van der Waals surface area contributed by atoms with Gasteiger partial charge < -0.3 is 19.9 Å². The van der Waals surface area contributed by atoms with Crippen LogP contribution in [0.2, 0.25) is 10.0 Å². The van der Waals surface area contributed by atoms with Crippen molar-refractivity contribution in [3.63, 3.8) is 0 Å². The van der Waals surface area contributed by atoms with Crippen molar-refractivity contribution in [3.8, 4) is 0 Å². The van der Waals surface area contributed by atoms with Crippen LogP contribution in [0.25, 0.3) is 0 Å². The molecule has 0 spiro atoms. The number of halogens is 2. The third-order valence-electron chi connectivity index (χ3n) is 4.18. The summed E-state index contributed by atoms with van der Waals surface area (Å²) in [7, 11) is -4.30. The molecule has 0 aliphatic carbocycles. The van der Waals surface area contributed by atoms with Gasteiger partial charge in [-0.3, -0.25) is 9.59 Å². The van der Waals surface area contributed by atoms with Gasteiger partial charge >= 0.3 is 18.0 Å². The smallest absolute Gasteiger partial charge is 0.408 e. The van der Waals surface area contributed by atoms with Crippen LogP contribution in [0.5, 0.6) is 0 Å². The topological polar surface area (TPSA) is 179 Å². The number of rotatable bonds is 10. The van der Waals surface area contributed by atoms with E-state index < -0.39 is 68.4 Å². The molecule has 0 radical (unpaired) electrons. The summed E-state index contributed by atoms with van der Waals surface area (Å²) < 4.78 is 32.9. The lowest BCUT2D eigenvalue weighted by atomic mass is 10.1. The van der Waals surface area contributed by atoms with Gasteiger partial charge in [0.2, 0.25) is 10.0 Å². The zero-order valence-electron chi connectivity index (χ0n) is 17.2. The van der Waals surface area contributed by atoms with Gasteiger partial charge in [0.15, 0.2) is 12.4 Å². The van der Waals surface area contributed by atoms with Crippen LogP contribution in [0.4, 0.5) is 4.79 Å². The largest absolute Gasteiger partial charge is 0.481 e. The third kappa shape index (κ3) is 7.70. The molecule has 0 saturated heterocycles. The number of nitrogens with two attached hydrogens (primary N) is 1. The number of alkyl carbamates (subject to hydrolysis) is 1. The van der Waals surface area contributed by atoms with E-state index in [1.54, 1.807) is 30.3 Å². The van der Waals surface area contributed by atoms with E-state index in [2.05, 4.69) is 5.32 Å². The Hall–Kier alpha value is -3.19. The molecular formula is C20H18Cl2N2O9S. The Morgan fingerprint density at radius 2 is 1.68 bits per heavy atom. The standard InChI is InChI=1S/C20H18Cl2N2O9S/c21-12-6-7-15(34(23,30)31)18(22)17(12)19(28)32-10-14(25)13(8-16(26)27)24-20(29)33-9-11-4-2-1-3-5-11/h1-7,13H,8-10H2,(H,24,29)(H,26,27)(H2,23,30,31). The van der Waals surface area contributed by atoms with E-state index in [4.69, 9.17) is 42.9 Å². The lowest BCUT2D eigenvalue weighted by molar-refractivity contribution is -0.139. The van der Waals surface area contributed by atoms with Crippen LogP contribution < -0.4 is 10.5 Å². The molecule has 14 heteroatoms. The van der Waals surface area contributed by atoms with Gasteiger partial charge in [-0.1, -0.05) is 53.5 Å². The molecule has 0 aliphatic rings. The predicted molar refractivity (Wildman–Crippen MR) is 119 cm³/mol. The maximum Gasteiger partial charge on any atom is 0.408 e. The highest BCUT2D eigenvalue weighted by Gasteiger charge is 2.28. The molecule has 4 N–H and O–H groups in total. The monoisotopic (exact) mass is 532 g/mol. The fraction of sp³-hybridized carbons (Fsp3) is 0.200. The van der Waals surface area contributed by atoms with Gasteiger partial charge in [0.1, 0.15) is 17.5 Å². The molecule has 0 aliphatic heterocycles. The number of sulfonamides is 1. The van der Waals surface area contributed by atoms with E-state index in [0.717, 1.165) is 12.1 Å². The number of carboxylic acid groups (broad SMARTS) is 1. The molecular weight excluding hydrogens is 515 g/mol. The number of esters is 1. The highest BCUT2D eigenvalue weighted by molar-refractivity contribution is 7.89. The number of carboxylic acids is 1. The third-order valence-corrected chi connectivity index (χ3v) is 5.96. The molecule has 0 bridgehead atoms. The maximum absolute atomic E-state index is 12.4. The van der Waals surface area contributed by atoms with E-state index in [-0.39, 0.29) is 11.6 Å². The summed E-state index contributed by atoms with van der Waals surface area (Å²) in [5.74, 6) is -3.67. The second-order valence-electron chi connectivity index (χ2n) is 6.68. The van der Waals surface area contributed by atoms with Gasteiger partial charge in [0.25, 0.3) is 0 Å². The summed E-state index contributed by atoms with van der Waals surface area (Å²) in [6.45, 7) is -1.12. The van der Waals surface area contributed by atoms with Crippen LogP contribution >= 0.6 is 23.2 Å². The van der Waals surface area contributed by atoms with Crippen LogP contribution in [0.3, 0.4) is 0 Å². The van der Waals surface area contributed by atoms with Crippen LogP contribution in [-0.4, -0.2) is 50.0 Å². The number of Topliss-reactive ketones (excluding diaryl/α,β-unsaturated/α-hetero) is 1. The van der Waals surface area contributed by atoms with Crippen LogP contribution in [0.15, 0.2) is 47.4 Å². The Bertz CT molecular complexity index is 1200. The molecule has 2 aromatic rings. The number of primary sulfonamides is 1. The second-order valence-corrected chi connectivity index (χ2v) is 8.99. The molecule has 2 aromatic carbocycles. The number of nitrogens with one attached hydrogen (secondary N) is 1. The fourth-order valence-electron chi connectivity index (χ4n) is 2.58. The Morgan fingerprint density at radius 1 is 1.03 bits per heavy atom. The summed E-state index contributed by atoms with van der Waals surface area (Å²) >= 11 is 11.8. The first-order valence-corrected chi connectivity index (χ1v) is 11.6. The van der Waals surface area contributed by atoms with Gasteiger partial charge in [0, 0.05) is 0 Å². The minimum atomic E-state index is -4.30. The number of ketones is 1. The zero-order valence-corrected chi connectivity index (χ0v) is 19.5. The first-order chi connectivity index (χ1) is 15.9. The van der Waals surface area contributed by atoms with Gasteiger partial charge in [-0.15, -0.1) is 0 Å². The molecule has 0 aromatic heterocycles. The Kier molecular flexibility index (Phi) is 9.38. The molecule has 0 heterocycles. The second kappa shape index (κ2) is 11.8. The SMILES string of the molecule is NS(=O)(=O)c1ccc(Cl)c(C(=O)OCC(=O)C(CC(=O)O)NC(=O)OCc2ccccc2)c1Cl. The van der Waals surface area contributed by atoms with Crippen LogP contribution in [-0.2, 0) is 35.7 Å². The van der Waals surface area contributed by atoms with Crippen molar-refractivity contribution >= 4 is 57.0 Å². The number of hydrogen-bond donors (Lipinski definition) is 3. The van der Waals surface area contributed by atoms with Crippen molar-refractivity contribution in [2.45, 2.75) is 24.0 Å². The maximum atomic E-state index is 12.4. The fourth-order valence-corrected chi connectivity index (χ4v) is 4.03. The number of benzene rings is 2. The summed E-state index contributed by atoms with van der Waals surface area (Å²) in [6, 6.07) is 9.02. The predicted octanol–water partition coefficient (Wildman–Crippen LogP) is 2.14. The minimum Gasteiger partial charge on any atom is -0.481 e. The Balaban J connectivity index is 2.06. The van der Waals surface area contributed by atoms with Gasteiger partial charge in [0.05, 0.1) is 22.0 Å². The quantitative estimate of drug-likeness (QED) is 0.386. The number of aliphatic carboxylic acids is 1. The normalized spacial score (nSPS) is 11.9. The molecule has 0 saturated carbocycles. The lowest BCUT2D eigenvalue weighted by Gasteiger charge is -2.16.